The van der Waals surface area contributed by atoms with Gasteiger partial charge in [-0.2, -0.15) is 0 Å². The summed E-state index contributed by atoms with van der Waals surface area (Å²) in [6.07, 6.45) is 1.33. The molecule has 3 aromatic carbocycles. The third-order valence-electron chi connectivity index (χ3n) is 5.21. The molecular formula is C25H30N2O5S. The van der Waals surface area contributed by atoms with Gasteiger partial charge < -0.3 is 20.3 Å². The quantitative estimate of drug-likeness (QED) is 0.321. The van der Waals surface area contributed by atoms with E-state index >= 15 is 0 Å². The van der Waals surface area contributed by atoms with E-state index < -0.39 is 16.1 Å². The lowest BCUT2D eigenvalue weighted by atomic mass is 9.98. The summed E-state index contributed by atoms with van der Waals surface area (Å²) in [6.45, 7) is 0.324. The molecule has 3 aromatic rings. The highest BCUT2D eigenvalue weighted by Crippen LogP contribution is 2.26. The predicted octanol–water partition coefficient (Wildman–Crippen LogP) is 3.25. The summed E-state index contributed by atoms with van der Waals surface area (Å²) in [5.74, 6) is 0.598. The van der Waals surface area contributed by atoms with Gasteiger partial charge in [-0.25, -0.2) is 8.42 Å². The number of sulfonamides is 1. The van der Waals surface area contributed by atoms with Crippen LogP contribution in [0.5, 0.6) is 11.5 Å². The van der Waals surface area contributed by atoms with Gasteiger partial charge in [0.05, 0.1) is 25.2 Å². The van der Waals surface area contributed by atoms with Gasteiger partial charge in [-0.15, -0.1) is 0 Å². The second kappa shape index (κ2) is 11.2. The van der Waals surface area contributed by atoms with E-state index in [1.807, 2.05) is 42.5 Å². The molecule has 8 heteroatoms. The summed E-state index contributed by atoms with van der Waals surface area (Å²) in [6, 6.07) is 22.5. The number of hydrogen-bond acceptors (Lipinski definition) is 6. The van der Waals surface area contributed by atoms with E-state index in [1.54, 1.807) is 13.2 Å². The van der Waals surface area contributed by atoms with Crippen LogP contribution in [0.3, 0.4) is 0 Å². The van der Waals surface area contributed by atoms with Crippen molar-refractivity contribution in [3.8, 4) is 11.5 Å². The van der Waals surface area contributed by atoms with E-state index in [1.165, 1.54) is 17.7 Å². The summed E-state index contributed by atoms with van der Waals surface area (Å²) < 4.78 is 30.7. The fraction of sp³-hybridized carbons (Fsp3) is 0.280. The average molecular weight is 471 g/mol. The van der Waals surface area contributed by atoms with Crippen LogP contribution in [-0.2, 0) is 22.9 Å². The Hall–Kier alpha value is -3.07. The van der Waals surface area contributed by atoms with E-state index in [4.69, 9.17) is 4.74 Å². The van der Waals surface area contributed by atoms with Crippen molar-refractivity contribution in [1.82, 2.24) is 5.32 Å². The van der Waals surface area contributed by atoms with E-state index in [2.05, 4.69) is 22.2 Å². The molecule has 0 spiro atoms. The highest BCUT2D eigenvalue weighted by molar-refractivity contribution is 7.92. The smallest absolute Gasteiger partial charge is 0.229 e. The molecule has 4 N–H and O–H groups in total. The summed E-state index contributed by atoms with van der Waals surface area (Å²) >= 11 is 0. The molecule has 0 aliphatic rings. The Balaban J connectivity index is 1.70. The maximum Gasteiger partial charge on any atom is 0.229 e. The monoisotopic (exact) mass is 470 g/mol. The summed E-state index contributed by atoms with van der Waals surface area (Å²) in [4.78, 5) is 0. The number of ether oxygens (including phenoxy) is 1. The summed E-state index contributed by atoms with van der Waals surface area (Å²) in [5, 5.41) is 24.0. The minimum atomic E-state index is -3.53. The van der Waals surface area contributed by atoms with Gasteiger partial charge in [0.1, 0.15) is 11.5 Å². The van der Waals surface area contributed by atoms with E-state index in [0.717, 1.165) is 24.0 Å². The number of aliphatic hydroxyl groups excluding tert-OH is 1. The van der Waals surface area contributed by atoms with Gasteiger partial charge in [0.15, 0.2) is 0 Å². The molecule has 0 aliphatic carbocycles. The van der Waals surface area contributed by atoms with E-state index in [9.17, 15) is 18.6 Å². The first-order valence-corrected chi connectivity index (χ1v) is 12.5. The lowest BCUT2D eigenvalue weighted by molar-refractivity contribution is 0.167. The number of hydrogen-bond donors (Lipinski definition) is 4. The second-order valence-corrected chi connectivity index (χ2v) is 9.76. The second-order valence-electron chi connectivity index (χ2n) is 8.01. The predicted molar refractivity (Wildman–Crippen MR) is 130 cm³/mol. The van der Waals surface area contributed by atoms with Gasteiger partial charge in [-0.05, 0) is 53.8 Å². The van der Waals surface area contributed by atoms with Crippen LogP contribution in [0.4, 0.5) is 5.69 Å². The van der Waals surface area contributed by atoms with Gasteiger partial charge in [0.2, 0.25) is 10.0 Å². The minimum Gasteiger partial charge on any atom is -0.506 e. The number of anilines is 1. The molecule has 0 fully saturated rings. The zero-order chi connectivity index (χ0) is 23.8. The van der Waals surface area contributed by atoms with Gasteiger partial charge >= 0.3 is 0 Å². The van der Waals surface area contributed by atoms with Gasteiger partial charge in [-0.3, -0.25) is 4.72 Å². The molecule has 1 unspecified atom stereocenters. The standard InChI is InChI=1S/C25H30N2O5S/c1-32-22-10-6-9-20(16-22)23(14-18-7-4-3-5-8-18)26-17-21(28)13-19-11-12-25(29)24(15-19)27-33(2,30)31/h3-12,15-16,21,23,26-29H,13-14,17H2,1-2H3/t21-,23?/m1/s1. The van der Waals surface area contributed by atoms with Crippen molar-refractivity contribution in [2.45, 2.75) is 25.0 Å². The van der Waals surface area contributed by atoms with Gasteiger partial charge in [0, 0.05) is 12.6 Å². The first kappa shape index (κ1) is 24.6. The first-order chi connectivity index (χ1) is 15.7. The van der Waals surface area contributed by atoms with E-state index in [0.29, 0.717) is 18.5 Å². The van der Waals surface area contributed by atoms with Crippen molar-refractivity contribution < 1.29 is 23.4 Å². The zero-order valence-electron chi connectivity index (χ0n) is 18.7. The molecule has 0 aromatic heterocycles. The Labute approximate surface area is 195 Å². The number of rotatable bonds is 11. The Bertz CT molecular complexity index is 1150. The molecule has 0 heterocycles. The highest BCUT2D eigenvalue weighted by Gasteiger charge is 2.16. The number of phenols is 1. The van der Waals surface area contributed by atoms with Crippen LogP contribution in [-0.4, -0.2) is 44.6 Å². The molecule has 0 saturated carbocycles. The molecule has 0 amide bonds. The van der Waals surface area contributed by atoms with Crippen LogP contribution in [0.25, 0.3) is 0 Å². The Morgan fingerprint density at radius 3 is 2.39 bits per heavy atom. The van der Waals surface area contributed by atoms with Crippen molar-refractivity contribution in [1.29, 1.82) is 0 Å². The molecule has 3 rings (SSSR count). The summed E-state index contributed by atoms with van der Waals surface area (Å²) in [5.41, 5.74) is 3.01. The van der Waals surface area contributed by atoms with Crippen molar-refractivity contribution in [2.75, 3.05) is 24.6 Å². The van der Waals surface area contributed by atoms with Crippen LogP contribution in [0, 0.1) is 0 Å². The summed E-state index contributed by atoms with van der Waals surface area (Å²) in [7, 11) is -1.90. The largest absolute Gasteiger partial charge is 0.506 e. The van der Waals surface area contributed by atoms with Gasteiger partial charge in [0.25, 0.3) is 0 Å². The maximum atomic E-state index is 11.5. The number of aliphatic hydroxyl groups is 1. The highest BCUT2D eigenvalue weighted by atomic mass is 32.2. The van der Waals surface area contributed by atoms with Crippen LogP contribution < -0.4 is 14.8 Å². The SMILES string of the molecule is COc1cccc(C(Cc2ccccc2)NC[C@H](O)Cc2ccc(O)c(NS(C)(=O)=O)c2)c1. The lowest BCUT2D eigenvalue weighted by Crippen LogP contribution is -2.32. The maximum absolute atomic E-state index is 11.5. The number of phenolic OH excluding ortho intramolecular Hbond substituents is 1. The van der Waals surface area contributed by atoms with E-state index in [-0.39, 0.29) is 17.5 Å². The molecule has 0 aliphatic heterocycles. The third kappa shape index (κ3) is 7.78. The zero-order valence-corrected chi connectivity index (χ0v) is 19.5. The Morgan fingerprint density at radius 2 is 1.70 bits per heavy atom. The number of benzene rings is 3. The molecule has 2 atom stereocenters. The third-order valence-corrected chi connectivity index (χ3v) is 5.80. The number of aromatic hydroxyl groups is 1. The molecule has 0 saturated heterocycles. The number of nitrogens with one attached hydrogen (secondary N) is 2. The molecular weight excluding hydrogens is 440 g/mol. The molecule has 176 valence electrons. The van der Waals surface area contributed by atoms with Crippen molar-refractivity contribution >= 4 is 15.7 Å². The number of methoxy groups -OCH3 is 1. The van der Waals surface area contributed by atoms with Crippen LogP contribution in [0.2, 0.25) is 0 Å². The lowest BCUT2D eigenvalue weighted by Gasteiger charge is -2.22. The van der Waals surface area contributed by atoms with Crippen LogP contribution >= 0.6 is 0 Å². The minimum absolute atomic E-state index is 0.0422. The fourth-order valence-corrected chi connectivity index (χ4v) is 4.19. The molecule has 0 bridgehead atoms. The average Bonchev–Trinajstić information content (AvgIpc) is 2.78. The normalized spacial score (nSPS) is 13.3. The van der Waals surface area contributed by atoms with Crippen LogP contribution in [0.15, 0.2) is 72.8 Å². The molecule has 7 nitrogen and oxygen atoms in total. The van der Waals surface area contributed by atoms with Gasteiger partial charge in [-0.1, -0.05) is 48.5 Å². The Kier molecular flexibility index (Phi) is 8.32. The first-order valence-electron chi connectivity index (χ1n) is 10.6. The Morgan fingerprint density at radius 1 is 0.939 bits per heavy atom. The topological polar surface area (TPSA) is 108 Å². The van der Waals surface area contributed by atoms with Crippen molar-refractivity contribution in [3.63, 3.8) is 0 Å². The van der Waals surface area contributed by atoms with Crippen molar-refractivity contribution in [3.05, 3.63) is 89.5 Å². The van der Waals surface area contributed by atoms with Crippen LogP contribution in [0.1, 0.15) is 22.7 Å². The molecule has 33 heavy (non-hydrogen) atoms. The molecule has 0 radical (unpaired) electrons. The van der Waals surface area contributed by atoms with Crippen molar-refractivity contribution in [2.24, 2.45) is 0 Å². The fourth-order valence-electron chi connectivity index (χ4n) is 3.63.